The van der Waals surface area contributed by atoms with Crippen LogP contribution in [0.5, 0.6) is 0 Å². The molecule has 0 radical (unpaired) electrons. The van der Waals surface area contributed by atoms with Crippen molar-refractivity contribution in [2.24, 2.45) is 23.2 Å². The van der Waals surface area contributed by atoms with Gasteiger partial charge < -0.3 is 36.0 Å². The molecule has 1 aromatic rings. The molecule has 0 aliphatic carbocycles. The van der Waals surface area contributed by atoms with Crippen molar-refractivity contribution in [1.29, 1.82) is 0 Å². The molecule has 6 rings (SSSR count). The molecular weight excluding hydrogens is 566 g/mol. The lowest BCUT2D eigenvalue weighted by Crippen LogP contribution is -2.66. The van der Waals surface area contributed by atoms with Crippen LogP contribution in [-0.2, 0) is 25.7 Å². The van der Waals surface area contributed by atoms with E-state index in [4.69, 9.17) is 0 Å². The summed E-state index contributed by atoms with van der Waals surface area (Å²) in [5.41, 5.74) is -0.288. The number of aliphatic hydroxyl groups excluding tert-OH is 1. The van der Waals surface area contributed by atoms with E-state index in [1.165, 1.54) is 27.7 Å². The topological polar surface area (TPSA) is 195 Å². The summed E-state index contributed by atoms with van der Waals surface area (Å²) in [4.78, 5) is 55.4. The van der Waals surface area contributed by atoms with Crippen LogP contribution in [0.3, 0.4) is 0 Å². The number of β-lactam (4-membered cyclic amide) rings is 1. The molecule has 8 atom stereocenters. The van der Waals surface area contributed by atoms with Gasteiger partial charge in [-0.2, -0.15) is 0 Å². The number of rotatable bonds is 9. The van der Waals surface area contributed by atoms with Gasteiger partial charge in [-0.05, 0) is 42.7 Å². The Kier molecular flexibility index (Phi) is 7.74. The summed E-state index contributed by atoms with van der Waals surface area (Å²) < 4.78 is 1.28. The van der Waals surface area contributed by atoms with Gasteiger partial charge in [-0.25, -0.2) is 9.48 Å². The molecule has 0 spiro atoms. The average Bonchev–Trinajstić information content (AvgIpc) is 3.75. The minimum Gasteiger partial charge on any atom is -0.477 e. The second-order valence-corrected chi connectivity index (χ2v) is 13.6. The Bertz CT molecular complexity index is 1290. The third-order valence-corrected chi connectivity index (χ3v) is 11.2. The first-order valence-electron chi connectivity index (χ1n) is 14.4. The summed E-state index contributed by atoms with van der Waals surface area (Å²) in [5.74, 6) is -2.32. The van der Waals surface area contributed by atoms with E-state index in [1.54, 1.807) is 6.92 Å². The van der Waals surface area contributed by atoms with E-state index in [1.807, 2.05) is 11.8 Å². The third-order valence-electron chi connectivity index (χ3n) is 9.68. The van der Waals surface area contributed by atoms with Gasteiger partial charge in [-0.1, -0.05) is 6.92 Å². The van der Waals surface area contributed by atoms with Crippen LogP contribution in [0.25, 0.3) is 0 Å². The van der Waals surface area contributed by atoms with Gasteiger partial charge in [0.2, 0.25) is 17.7 Å². The van der Waals surface area contributed by atoms with Crippen molar-refractivity contribution in [1.82, 2.24) is 46.0 Å². The summed E-state index contributed by atoms with van der Waals surface area (Å²) in [6, 6.07) is -1.27. The molecule has 3 amide bonds. The highest BCUT2D eigenvalue weighted by atomic mass is 32.2. The van der Waals surface area contributed by atoms with E-state index in [2.05, 4.69) is 31.5 Å². The zero-order chi connectivity index (χ0) is 29.8. The molecule has 4 saturated heterocycles. The quantitative estimate of drug-likeness (QED) is 0.192. The summed E-state index contributed by atoms with van der Waals surface area (Å²) >= 11 is 1.44. The Morgan fingerprint density at radius 3 is 2.83 bits per heavy atom. The van der Waals surface area contributed by atoms with Crippen LogP contribution in [-0.4, -0.2) is 127 Å². The number of carboxylic acids is 1. The number of likely N-dealkylation sites (tertiary alicyclic amines) is 1. The number of amides is 3. The first kappa shape index (κ1) is 29.0. The monoisotopic (exact) mass is 603 g/mol. The summed E-state index contributed by atoms with van der Waals surface area (Å²) in [7, 11) is 0. The molecule has 0 saturated carbocycles. The first-order valence-corrected chi connectivity index (χ1v) is 15.3. The smallest absolute Gasteiger partial charge is 0.353 e. The lowest BCUT2D eigenvalue weighted by molar-refractivity contribution is -0.158. The number of thioether (sulfide) groups is 1. The number of piperidine rings is 1. The van der Waals surface area contributed by atoms with Gasteiger partial charge in [-0.3, -0.25) is 14.4 Å². The average molecular weight is 604 g/mol. The molecule has 2 unspecified atom stereocenters. The Morgan fingerprint density at radius 2 is 2.14 bits per heavy atom. The summed E-state index contributed by atoms with van der Waals surface area (Å²) in [5, 5.41) is 40.4. The fraction of sp³-hybridized carbons (Fsp3) is 0.731. The van der Waals surface area contributed by atoms with Crippen molar-refractivity contribution in [2.45, 2.75) is 56.6 Å². The van der Waals surface area contributed by atoms with E-state index in [9.17, 15) is 29.4 Å². The Labute approximate surface area is 246 Å². The molecule has 42 heavy (non-hydrogen) atoms. The van der Waals surface area contributed by atoms with Crippen molar-refractivity contribution in [3.8, 4) is 0 Å². The number of nitrogens with zero attached hydrogens (tertiary/aromatic N) is 6. The van der Waals surface area contributed by atoms with Gasteiger partial charge in [0.1, 0.15) is 18.6 Å². The normalized spacial score (nSPS) is 34.7. The number of hydrogen-bond donors (Lipinski definition) is 5. The van der Waals surface area contributed by atoms with Crippen molar-refractivity contribution in [3.63, 3.8) is 0 Å². The standard InChI is InChI=1S/C26H37N9O6S/c1-13-20-19(14(2)30-18(37)8-34-12-29-31-32-34)24(39)35(20)21(25(40)41)22(13)42-16-5-17(28-6-16)23(38)33-7-15-3-4-27-9-26(15,10-33)11-36/h12-17,19-20,27-28,36H,3-11H2,1-2H3,(H,30,37)(H,40,41)/t13-,14-,15?,16+,17+,19-,20-,26?/m1/s1. The molecule has 5 N–H and O–H groups in total. The highest BCUT2D eigenvalue weighted by molar-refractivity contribution is 8.03. The number of aromatic nitrogens is 4. The van der Waals surface area contributed by atoms with Crippen molar-refractivity contribution in [2.75, 3.05) is 39.3 Å². The first-order chi connectivity index (χ1) is 20.1. The van der Waals surface area contributed by atoms with Gasteiger partial charge in [0.05, 0.1) is 24.6 Å². The van der Waals surface area contributed by atoms with Crippen LogP contribution >= 0.6 is 11.8 Å². The number of fused-ring (bicyclic) bond motifs is 2. The molecular formula is C26H37N9O6S. The Balaban J connectivity index is 1.09. The van der Waals surface area contributed by atoms with Crippen LogP contribution in [0.15, 0.2) is 16.9 Å². The van der Waals surface area contributed by atoms with E-state index < -0.39 is 17.9 Å². The molecule has 0 bridgehead atoms. The van der Waals surface area contributed by atoms with Crippen molar-refractivity contribution in [3.05, 3.63) is 16.9 Å². The summed E-state index contributed by atoms with van der Waals surface area (Å²) in [6.45, 7) is 6.95. The lowest BCUT2D eigenvalue weighted by atomic mass is 9.75. The zero-order valence-corrected chi connectivity index (χ0v) is 24.4. The maximum atomic E-state index is 13.5. The number of carbonyl (C=O) groups excluding carboxylic acids is 3. The van der Waals surface area contributed by atoms with Gasteiger partial charge in [0.25, 0.3) is 0 Å². The van der Waals surface area contributed by atoms with Crippen LogP contribution < -0.4 is 16.0 Å². The van der Waals surface area contributed by atoms with Crippen molar-refractivity contribution >= 4 is 35.5 Å². The number of aliphatic carboxylic acids is 1. The fourth-order valence-corrected chi connectivity index (χ4v) is 8.99. The highest BCUT2D eigenvalue weighted by Gasteiger charge is 2.60. The van der Waals surface area contributed by atoms with E-state index in [0.29, 0.717) is 37.5 Å². The molecule has 5 aliphatic rings. The van der Waals surface area contributed by atoms with Gasteiger partial charge in [0.15, 0.2) is 0 Å². The predicted molar refractivity (Wildman–Crippen MR) is 148 cm³/mol. The van der Waals surface area contributed by atoms with Crippen molar-refractivity contribution < 1.29 is 29.4 Å². The second-order valence-electron chi connectivity index (χ2n) is 12.2. The van der Waals surface area contributed by atoms with Crippen LogP contribution in [0, 0.1) is 23.2 Å². The minimum absolute atomic E-state index is 0.00162. The van der Waals surface area contributed by atoms with Gasteiger partial charge >= 0.3 is 5.97 Å². The second kappa shape index (κ2) is 11.2. The lowest BCUT2D eigenvalue weighted by Gasteiger charge is -2.47. The number of carbonyl (C=O) groups is 4. The molecule has 4 fully saturated rings. The molecule has 15 nitrogen and oxygen atoms in total. The molecule has 0 aromatic carbocycles. The van der Waals surface area contributed by atoms with Gasteiger partial charge in [-0.15, -0.1) is 16.9 Å². The largest absolute Gasteiger partial charge is 0.477 e. The Hall–Kier alpha value is -3.08. The Morgan fingerprint density at radius 1 is 1.33 bits per heavy atom. The number of hydrogen-bond acceptors (Lipinski definition) is 11. The highest BCUT2D eigenvalue weighted by Crippen LogP contribution is 2.52. The number of aliphatic hydroxyl groups is 1. The fourth-order valence-electron chi connectivity index (χ4n) is 7.51. The molecule has 5 aliphatic heterocycles. The van der Waals surface area contributed by atoms with E-state index in [0.717, 1.165) is 13.0 Å². The number of carboxylic acid groups (broad SMARTS) is 1. The number of tetrazole rings is 1. The van der Waals surface area contributed by atoms with Crippen LogP contribution in [0.2, 0.25) is 0 Å². The van der Waals surface area contributed by atoms with Crippen LogP contribution in [0.1, 0.15) is 26.7 Å². The predicted octanol–water partition coefficient (Wildman–Crippen LogP) is -2.16. The molecule has 228 valence electrons. The molecule has 1 aromatic heterocycles. The van der Waals surface area contributed by atoms with E-state index in [-0.39, 0.29) is 71.2 Å². The van der Waals surface area contributed by atoms with Crippen LogP contribution in [0.4, 0.5) is 0 Å². The van der Waals surface area contributed by atoms with Gasteiger partial charge in [0, 0.05) is 53.7 Å². The van der Waals surface area contributed by atoms with E-state index >= 15 is 0 Å². The maximum absolute atomic E-state index is 13.5. The maximum Gasteiger partial charge on any atom is 0.353 e. The summed E-state index contributed by atoms with van der Waals surface area (Å²) in [6.07, 6.45) is 2.80. The zero-order valence-electron chi connectivity index (χ0n) is 23.6. The molecule has 16 heteroatoms. The number of nitrogens with one attached hydrogen (secondary N) is 3. The molecule has 6 heterocycles. The minimum atomic E-state index is -1.16. The third kappa shape index (κ3) is 4.87. The SMILES string of the molecule is C[C@@H](NC(=O)Cn1cnnn1)[C@H]1C(=O)N2C(C(=O)O)=C(S[C@@H]3CN[C@H](C(=O)N4CC5CCNCC5(CO)C4)C3)[C@H](C)[C@H]12.